The molecule has 0 amide bonds. The van der Waals surface area contributed by atoms with Crippen LogP contribution in [0.4, 0.5) is 0 Å². The van der Waals surface area contributed by atoms with Crippen molar-refractivity contribution in [2.75, 3.05) is 0 Å². The Morgan fingerprint density at radius 1 is 1.00 bits per heavy atom. The molecular weight excluding hydrogens is 182 g/mol. The molecule has 76 valence electrons. The second-order valence-corrected chi connectivity index (χ2v) is 4.52. The minimum absolute atomic E-state index is 0.661. The SMILES string of the molecule is C1=CC2CC(c3ccccn3)CC2C=C1. The molecule has 2 aliphatic rings. The molecule has 0 N–H and O–H groups in total. The molecule has 1 aromatic heterocycles. The van der Waals surface area contributed by atoms with E-state index in [-0.39, 0.29) is 0 Å². The molecule has 0 spiro atoms. The summed E-state index contributed by atoms with van der Waals surface area (Å²) in [5.41, 5.74) is 1.27. The van der Waals surface area contributed by atoms with Gasteiger partial charge >= 0.3 is 0 Å². The van der Waals surface area contributed by atoms with Crippen LogP contribution in [0.3, 0.4) is 0 Å². The highest BCUT2D eigenvalue weighted by atomic mass is 14.7. The van der Waals surface area contributed by atoms with Gasteiger partial charge in [0.2, 0.25) is 0 Å². The van der Waals surface area contributed by atoms with Gasteiger partial charge in [-0.05, 0) is 36.8 Å². The molecule has 1 aromatic rings. The lowest BCUT2D eigenvalue weighted by atomic mass is 9.92. The first-order valence-electron chi connectivity index (χ1n) is 5.69. The molecule has 2 unspecified atom stereocenters. The Morgan fingerprint density at radius 2 is 1.73 bits per heavy atom. The molecule has 0 aliphatic heterocycles. The van der Waals surface area contributed by atoms with E-state index < -0.39 is 0 Å². The summed E-state index contributed by atoms with van der Waals surface area (Å²) in [7, 11) is 0. The largest absolute Gasteiger partial charge is 0.261 e. The molecular formula is C14H15N. The first kappa shape index (κ1) is 8.90. The molecule has 0 saturated heterocycles. The van der Waals surface area contributed by atoms with Crippen LogP contribution in [0.2, 0.25) is 0 Å². The molecule has 1 fully saturated rings. The Labute approximate surface area is 90.5 Å². The maximum Gasteiger partial charge on any atom is 0.0434 e. The number of nitrogens with zero attached hydrogens (tertiary/aromatic N) is 1. The highest BCUT2D eigenvalue weighted by molar-refractivity contribution is 5.21. The van der Waals surface area contributed by atoms with Gasteiger partial charge in [0.15, 0.2) is 0 Å². The molecule has 3 rings (SSSR count). The summed E-state index contributed by atoms with van der Waals surface area (Å²) < 4.78 is 0. The van der Waals surface area contributed by atoms with Crippen LogP contribution in [0.1, 0.15) is 24.5 Å². The zero-order valence-electron chi connectivity index (χ0n) is 8.71. The molecule has 2 aliphatic carbocycles. The lowest BCUT2D eigenvalue weighted by Gasteiger charge is -2.13. The van der Waals surface area contributed by atoms with E-state index in [1.807, 2.05) is 12.3 Å². The summed E-state index contributed by atoms with van der Waals surface area (Å²) in [4.78, 5) is 4.47. The smallest absolute Gasteiger partial charge is 0.0434 e. The van der Waals surface area contributed by atoms with Gasteiger partial charge in [0.1, 0.15) is 0 Å². The van der Waals surface area contributed by atoms with Crippen molar-refractivity contribution in [3.63, 3.8) is 0 Å². The number of hydrogen-bond donors (Lipinski definition) is 0. The summed E-state index contributed by atoms with van der Waals surface area (Å²) >= 11 is 0. The molecule has 1 heteroatoms. The van der Waals surface area contributed by atoms with E-state index >= 15 is 0 Å². The number of hydrogen-bond acceptors (Lipinski definition) is 1. The first-order valence-corrected chi connectivity index (χ1v) is 5.69. The highest BCUT2D eigenvalue weighted by Crippen LogP contribution is 2.44. The van der Waals surface area contributed by atoms with Gasteiger partial charge in [-0.2, -0.15) is 0 Å². The zero-order chi connectivity index (χ0) is 10.1. The molecule has 1 nitrogen and oxygen atoms in total. The predicted octanol–water partition coefficient (Wildman–Crippen LogP) is 3.32. The monoisotopic (exact) mass is 197 g/mol. The Balaban J connectivity index is 1.82. The fourth-order valence-electron chi connectivity index (χ4n) is 2.82. The van der Waals surface area contributed by atoms with Gasteiger partial charge in [0.05, 0.1) is 0 Å². The number of fused-ring (bicyclic) bond motifs is 1. The molecule has 0 radical (unpaired) electrons. The van der Waals surface area contributed by atoms with Crippen LogP contribution < -0.4 is 0 Å². The topological polar surface area (TPSA) is 12.9 Å². The van der Waals surface area contributed by atoms with Crippen molar-refractivity contribution < 1.29 is 0 Å². The van der Waals surface area contributed by atoms with E-state index in [0.717, 1.165) is 11.8 Å². The van der Waals surface area contributed by atoms with Crippen molar-refractivity contribution in [2.45, 2.75) is 18.8 Å². The fourth-order valence-corrected chi connectivity index (χ4v) is 2.82. The molecule has 2 atom stereocenters. The quantitative estimate of drug-likeness (QED) is 0.673. The third-order valence-electron chi connectivity index (χ3n) is 3.60. The normalized spacial score (nSPS) is 32.9. The third-order valence-corrected chi connectivity index (χ3v) is 3.60. The van der Waals surface area contributed by atoms with Crippen molar-refractivity contribution in [1.82, 2.24) is 4.98 Å². The Bertz CT molecular complexity index is 371. The Kier molecular flexibility index (Phi) is 2.17. The third kappa shape index (κ3) is 1.63. The van der Waals surface area contributed by atoms with E-state index in [4.69, 9.17) is 0 Å². The number of pyridine rings is 1. The summed E-state index contributed by atoms with van der Waals surface area (Å²) in [5.74, 6) is 2.16. The number of allylic oxidation sites excluding steroid dienone is 4. The van der Waals surface area contributed by atoms with Crippen LogP contribution in [0.15, 0.2) is 48.7 Å². The molecule has 1 saturated carbocycles. The van der Waals surface area contributed by atoms with Gasteiger partial charge in [0.25, 0.3) is 0 Å². The van der Waals surface area contributed by atoms with Gasteiger partial charge in [-0.25, -0.2) is 0 Å². The molecule has 0 aromatic carbocycles. The van der Waals surface area contributed by atoms with E-state index in [2.05, 4.69) is 41.4 Å². The Morgan fingerprint density at radius 3 is 2.33 bits per heavy atom. The lowest BCUT2D eigenvalue weighted by Crippen LogP contribution is -2.03. The van der Waals surface area contributed by atoms with Gasteiger partial charge in [-0.3, -0.25) is 4.98 Å². The van der Waals surface area contributed by atoms with E-state index in [1.165, 1.54) is 18.5 Å². The van der Waals surface area contributed by atoms with Gasteiger partial charge < -0.3 is 0 Å². The minimum atomic E-state index is 0.661. The zero-order valence-corrected chi connectivity index (χ0v) is 8.71. The first-order chi connectivity index (χ1) is 7.43. The van der Waals surface area contributed by atoms with Gasteiger partial charge in [0, 0.05) is 17.8 Å². The predicted molar refractivity (Wildman–Crippen MR) is 61.5 cm³/mol. The van der Waals surface area contributed by atoms with Crippen LogP contribution in [0, 0.1) is 11.8 Å². The summed E-state index contributed by atoms with van der Waals surface area (Å²) in [6, 6.07) is 6.25. The Hall–Kier alpha value is -1.37. The van der Waals surface area contributed by atoms with Crippen LogP contribution in [0.5, 0.6) is 0 Å². The molecule has 1 heterocycles. The lowest BCUT2D eigenvalue weighted by molar-refractivity contribution is 0.552. The van der Waals surface area contributed by atoms with Crippen molar-refractivity contribution >= 4 is 0 Å². The van der Waals surface area contributed by atoms with Crippen molar-refractivity contribution in [3.05, 3.63) is 54.4 Å². The average Bonchev–Trinajstić information content (AvgIpc) is 2.74. The van der Waals surface area contributed by atoms with E-state index in [0.29, 0.717) is 5.92 Å². The van der Waals surface area contributed by atoms with Crippen molar-refractivity contribution in [3.8, 4) is 0 Å². The summed E-state index contributed by atoms with van der Waals surface area (Å²) in [5, 5.41) is 0. The highest BCUT2D eigenvalue weighted by Gasteiger charge is 2.33. The average molecular weight is 197 g/mol. The van der Waals surface area contributed by atoms with E-state index in [1.54, 1.807) is 0 Å². The molecule has 15 heavy (non-hydrogen) atoms. The second kappa shape index (κ2) is 3.65. The van der Waals surface area contributed by atoms with Crippen molar-refractivity contribution in [2.24, 2.45) is 11.8 Å². The fraction of sp³-hybridized carbons (Fsp3) is 0.357. The summed E-state index contributed by atoms with van der Waals surface area (Å²) in [6.45, 7) is 0. The minimum Gasteiger partial charge on any atom is -0.261 e. The standard InChI is InChI=1S/C14H15N/c1-2-6-12-10-13(9-11(12)5-1)14-7-3-4-8-15-14/h1-8,11-13H,9-10H2. The van der Waals surface area contributed by atoms with E-state index in [9.17, 15) is 0 Å². The van der Waals surface area contributed by atoms with Crippen LogP contribution in [-0.4, -0.2) is 4.98 Å². The second-order valence-electron chi connectivity index (χ2n) is 4.52. The van der Waals surface area contributed by atoms with Gasteiger partial charge in [-0.15, -0.1) is 0 Å². The maximum absolute atomic E-state index is 4.47. The number of aromatic nitrogens is 1. The van der Waals surface area contributed by atoms with Gasteiger partial charge in [-0.1, -0.05) is 30.4 Å². The van der Waals surface area contributed by atoms with Crippen LogP contribution >= 0.6 is 0 Å². The maximum atomic E-state index is 4.47. The van der Waals surface area contributed by atoms with Crippen molar-refractivity contribution in [1.29, 1.82) is 0 Å². The van der Waals surface area contributed by atoms with Crippen LogP contribution in [0.25, 0.3) is 0 Å². The molecule has 0 bridgehead atoms. The number of rotatable bonds is 1. The summed E-state index contributed by atoms with van der Waals surface area (Å²) in [6.07, 6.45) is 13.5. The van der Waals surface area contributed by atoms with Crippen LogP contribution in [-0.2, 0) is 0 Å².